The van der Waals surface area contributed by atoms with E-state index in [-0.39, 0.29) is 5.39 Å². The third kappa shape index (κ3) is 2.87. The molecule has 0 radical (unpaired) electrons. The Labute approximate surface area is 130 Å². The number of benzene rings is 2. The minimum Gasteiger partial charge on any atom is -0.380 e. The Morgan fingerprint density at radius 3 is 1.75 bits per heavy atom. The summed E-state index contributed by atoms with van der Waals surface area (Å²) in [5, 5.41) is -5.77. The molecule has 0 unspecified atom stereocenters. The van der Waals surface area contributed by atoms with Gasteiger partial charge in [0.15, 0.2) is 0 Å². The summed E-state index contributed by atoms with van der Waals surface area (Å²) < 4.78 is 115. The fourth-order valence-corrected chi connectivity index (χ4v) is 2.89. The Bertz CT molecular complexity index is 842. The molecular formula is C13H7F7O3S. The van der Waals surface area contributed by atoms with E-state index in [9.17, 15) is 39.2 Å². The monoisotopic (exact) mass is 376 g/mol. The van der Waals surface area contributed by atoms with Crippen molar-refractivity contribution in [1.29, 1.82) is 0 Å². The van der Waals surface area contributed by atoms with Crippen molar-refractivity contribution in [3.05, 3.63) is 42.5 Å². The zero-order chi connectivity index (χ0) is 18.4. The topological polar surface area (TPSA) is 43.4 Å². The maximum absolute atomic E-state index is 13.6. The minimum absolute atomic E-state index is 0.272. The van der Waals surface area contributed by atoms with Crippen molar-refractivity contribution in [1.82, 2.24) is 0 Å². The van der Waals surface area contributed by atoms with E-state index in [2.05, 4.69) is 4.18 Å². The lowest BCUT2D eigenvalue weighted by Gasteiger charge is -2.28. The second kappa shape index (κ2) is 5.50. The summed E-state index contributed by atoms with van der Waals surface area (Å²) in [6.07, 6.45) is -13.6. The summed E-state index contributed by atoms with van der Waals surface area (Å²) in [5.74, 6) is -0.885. The molecule has 0 bridgehead atoms. The molecule has 0 aliphatic carbocycles. The van der Waals surface area contributed by atoms with Crippen LogP contribution >= 0.6 is 0 Å². The second-order valence-electron chi connectivity index (χ2n) is 4.64. The smallest absolute Gasteiger partial charge is 0.380 e. The average molecular weight is 376 g/mol. The molecule has 3 nitrogen and oxygen atoms in total. The Hall–Kier alpha value is -2.04. The summed E-state index contributed by atoms with van der Waals surface area (Å²) in [4.78, 5) is 0. The van der Waals surface area contributed by atoms with Gasteiger partial charge in [-0.15, -0.1) is 0 Å². The van der Waals surface area contributed by atoms with Crippen molar-refractivity contribution in [2.75, 3.05) is 0 Å². The second-order valence-corrected chi connectivity index (χ2v) is 6.27. The van der Waals surface area contributed by atoms with E-state index in [4.69, 9.17) is 0 Å². The summed E-state index contributed by atoms with van der Waals surface area (Å²) >= 11 is 0. The predicted molar refractivity (Wildman–Crippen MR) is 69.4 cm³/mol. The maximum Gasteiger partial charge on any atom is 0.450 e. The first kappa shape index (κ1) is 18.3. The molecule has 0 saturated heterocycles. The van der Waals surface area contributed by atoms with Crippen LogP contribution in [0.1, 0.15) is 0 Å². The molecule has 11 heteroatoms. The lowest BCUT2D eigenvalue weighted by atomic mass is 10.1. The summed E-state index contributed by atoms with van der Waals surface area (Å²) in [6, 6.07) is 8.93. The molecule has 2 rings (SSSR count). The fraction of sp³-hybridized carbons (Fsp3) is 0.231. The van der Waals surface area contributed by atoms with Crippen LogP contribution in [-0.2, 0) is 10.1 Å². The van der Waals surface area contributed by atoms with Crippen LogP contribution in [0, 0.1) is 0 Å². The van der Waals surface area contributed by atoms with Crippen molar-refractivity contribution in [2.24, 2.45) is 0 Å². The van der Waals surface area contributed by atoms with E-state index < -0.39 is 33.2 Å². The van der Waals surface area contributed by atoms with Crippen molar-refractivity contribution < 1.29 is 43.3 Å². The Kier molecular flexibility index (Phi) is 4.20. The van der Waals surface area contributed by atoms with Gasteiger partial charge in [0.2, 0.25) is 0 Å². The van der Waals surface area contributed by atoms with Gasteiger partial charge in [-0.3, -0.25) is 0 Å². The third-order valence-corrected chi connectivity index (χ3v) is 4.56. The Morgan fingerprint density at radius 1 is 0.750 bits per heavy atom. The first-order valence-electron chi connectivity index (χ1n) is 6.05. The van der Waals surface area contributed by atoms with Crippen LogP contribution in [0.4, 0.5) is 30.7 Å². The van der Waals surface area contributed by atoms with E-state index in [1.165, 1.54) is 18.2 Å². The zero-order valence-corrected chi connectivity index (χ0v) is 12.1. The van der Waals surface area contributed by atoms with E-state index in [0.717, 1.165) is 12.1 Å². The van der Waals surface area contributed by atoms with Gasteiger partial charge in [-0.2, -0.15) is 34.8 Å². The molecule has 0 amide bonds. The van der Waals surface area contributed by atoms with Crippen LogP contribution in [0.5, 0.6) is 5.75 Å². The molecule has 0 saturated carbocycles. The summed E-state index contributed by atoms with van der Waals surface area (Å²) in [5.41, 5.74) is 0. The largest absolute Gasteiger partial charge is 0.450 e. The van der Waals surface area contributed by atoms with Gasteiger partial charge in [-0.05, 0) is 22.9 Å². The van der Waals surface area contributed by atoms with Crippen LogP contribution in [0.25, 0.3) is 10.8 Å². The van der Waals surface area contributed by atoms with Gasteiger partial charge >= 0.3 is 27.5 Å². The molecule has 0 N–H and O–H groups in total. The molecule has 0 aromatic heterocycles. The van der Waals surface area contributed by atoms with Gasteiger partial charge in [-0.25, -0.2) is 4.39 Å². The number of fused-ring (bicyclic) bond motifs is 1. The van der Waals surface area contributed by atoms with Crippen molar-refractivity contribution in [3.63, 3.8) is 0 Å². The van der Waals surface area contributed by atoms with Crippen molar-refractivity contribution in [2.45, 2.75) is 17.4 Å². The molecule has 24 heavy (non-hydrogen) atoms. The molecule has 0 heterocycles. The number of hydrogen-bond acceptors (Lipinski definition) is 3. The van der Waals surface area contributed by atoms with Gasteiger partial charge in [0.25, 0.3) is 0 Å². The number of alkyl halides is 7. The molecule has 0 spiro atoms. The number of rotatable bonds is 3. The predicted octanol–water partition coefficient (Wildman–Crippen LogP) is 4.34. The molecule has 2 aromatic carbocycles. The number of halogens is 7. The van der Waals surface area contributed by atoms with Gasteiger partial charge in [0.1, 0.15) is 5.75 Å². The molecule has 0 atom stereocenters. The molecule has 2 aromatic rings. The van der Waals surface area contributed by atoms with Gasteiger partial charge < -0.3 is 4.18 Å². The highest BCUT2D eigenvalue weighted by atomic mass is 32.2. The zero-order valence-electron chi connectivity index (χ0n) is 11.3. The van der Waals surface area contributed by atoms with Crippen LogP contribution in [-0.4, -0.2) is 25.8 Å². The van der Waals surface area contributed by atoms with E-state index in [0.29, 0.717) is 5.39 Å². The maximum atomic E-state index is 13.6. The summed E-state index contributed by atoms with van der Waals surface area (Å²) in [7, 11) is -6.78. The lowest BCUT2D eigenvalue weighted by molar-refractivity contribution is -0.307. The van der Waals surface area contributed by atoms with Crippen molar-refractivity contribution in [3.8, 4) is 5.75 Å². The van der Waals surface area contributed by atoms with Gasteiger partial charge in [-0.1, -0.05) is 30.3 Å². The quantitative estimate of drug-likeness (QED) is 0.591. The highest BCUT2D eigenvalue weighted by molar-refractivity contribution is 7.88. The minimum atomic E-state index is -6.78. The molecule has 0 aliphatic rings. The van der Waals surface area contributed by atoms with E-state index in [1.54, 1.807) is 12.1 Å². The standard InChI is InChI=1S/C13H7F7O3S/c14-11(12(15,16)17,13(18,19)20)24(21,22)23-10-6-5-8-3-1-2-4-9(8)7-10/h1-7H. The molecular weight excluding hydrogens is 369 g/mol. The SMILES string of the molecule is O=S(=O)(Oc1ccc2ccccc2c1)C(F)(C(F)(F)F)C(F)(F)F. The molecule has 0 aliphatic heterocycles. The van der Waals surface area contributed by atoms with Gasteiger partial charge in [0.05, 0.1) is 0 Å². The highest BCUT2D eigenvalue weighted by Gasteiger charge is 2.82. The normalized spacial score (nSPS) is 14.0. The van der Waals surface area contributed by atoms with Crippen molar-refractivity contribution >= 4 is 20.9 Å². The highest BCUT2D eigenvalue weighted by Crippen LogP contribution is 2.50. The third-order valence-electron chi connectivity index (χ3n) is 3.00. The van der Waals surface area contributed by atoms with Crippen LogP contribution in [0.15, 0.2) is 42.5 Å². The molecule has 0 fully saturated rings. The van der Waals surface area contributed by atoms with E-state index >= 15 is 0 Å². The molecule has 132 valence electrons. The van der Waals surface area contributed by atoms with Crippen LogP contribution < -0.4 is 4.18 Å². The first-order valence-corrected chi connectivity index (χ1v) is 7.45. The first-order chi connectivity index (χ1) is 10.8. The fourth-order valence-electron chi connectivity index (χ4n) is 1.85. The van der Waals surface area contributed by atoms with Gasteiger partial charge in [0, 0.05) is 0 Å². The number of hydrogen-bond donors (Lipinski definition) is 0. The summed E-state index contributed by atoms with van der Waals surface area (Å²) in [6.45, 7) is 0. The lowest BCUT2D eigenvalue weighted by Crippen LogP contribution is -2.59. The Balaban J connectivity index is 2.51. The Morgan fingerprint density at radius 2 is 1.25 bits per heavy atom. The van der Waals surface area contributed by atoms with E-state index in [1.807, 2.05) is 0 Å². The van der Waals surface area contributed by atoms with Crippen LogP contribution in [0.2, 0.25) is 0 Å². The average Bonchev–Trinajstić information content (AvgIpc) is 2.43. The van der Waals surface area contributed by atoms with Crippen LogP contribution in [0.3, 0.4) is 0 Å².